The second kappa shape index (κ2) is 4.86. The second-order valence-electron chi connectivity index (χ2n) is 4.01. The second-order valence-corrected chi connectivity index (χ2v) is 6.14. The molecule has 0 aromatic heterocycles. The minimum Gasteiger partial charge on any atom is -0.373 e. The van der Waals surface area contributed by atoms with Gasteiger partial charge in [0.05, 0.1) is 23.7 Å². The van der Waals surface area contributed by atoms with Crippen molar-refractivity contribution in [3.05, 3.63) is 30.3 Å². The van der Waals surface area contributed by atoms with Crippen LogP contribution in [0.5, 0.6) is 0 Å². The smallest absolute Gasteiger partial charge is 0.194 e. The summed E-state index contributed by atoms with van der Waals surface area (Å²) in [5, 5.41) is 8.01. The number of sulfone groups is 1. The van der Waals surface area contributed by atoms with Crippen LogP contribution in [0, 0.1) is 11.3 Å². The van der Waals surface area contributed by atoms with E-state index in [0.29, 0.717) is 19.4 Å². The molecule has 1 aromatic carbocycles. The van der Waals surface area contributed by atoms with E-state index in [-0.39, 0.29) is 11.0 Å². The molecular formula is C12H13NO3S. The number of hydrogen-bond donors (Lipinski definition) is 0. The van der Waals surface area contributed by atoms with Gasteiger partial charge >= 0.3 is 0 Å². The van der Waals surface area contributed by atoms with Crippen molar-refractivity contribution in [1.82, 2.24) is 0 Å². The van der Waals surface area contributed by atoms with Crippen LogP contribution in [0.1, 0.15) is 12.8 Å². The first kappa shape index (κ1) is 12.1. The predicted molar refractivity (Wildman–Crippen MR) is 62.0 cm³/mol. The number of epoxide rings is 1. The van der Waals surface area contributed by atoms with Crippen molar-refractivity contribution in [2.45, 2.75) is 29.1 Å². The topological polar surface area (TPSA) is 70.5 Å². The van der Waals surface area contributed by atoms with Crippen LogP contribution in [0.25, 0.3) is 0 Å². The summed E-state index contributed by atoms with van der Waals surface area (Å²) in [7, 11) is -3.54. The van der Waals surface area contributed by atoms with Gasteiger partial charge in [-0.1, -0.05) is 18.2 Å². The maximum Gasteiger partial charge on any atom is 0.194 e. The molecule has 0 saturated carbocycles. The van der Waals surface area contributed by atoms with Crippen LogP contribution in [0.15, 0.2) is 35.2 Å². The molecular weight excluding hydrogens is 238 g/mol. The van der Waals surface area contributed by atoms with Crippen molar-refractivity contribution in [2.75, 3.05) is 6.61 Å². The zero-order chi connectivity index (χ0) is 12.3. The van der Waals surface area contributed by atoms with E-state index in [1.165, 1.54) is 12.1 Å². The molecule has 5 heteroatoms. The lowest BCUT2D eigenvalue weighted by Crippen LogP contribution is -2.20. The third-order valence-electron chi connectivity index (χ3n) is 2.74. The highest BCUT2D eigenvalue weighted by atomic mass is 32.2. The third kappa shape index (κ3) is 2.84. The number of ether oxygens (including phenoxy) is 1. The predicted octanol–water partition coefficient (Wildman–Crippen LogP) is 1.53. The molecule has 2 atom stereocenters. The standard InChI is InChI=1S/C12H13NO3S/c13-8-12(7-6-10-9-16-10)17(14,15)11-4-2-1-3-5-11/h1-5,10,12H,6-7,9H2. The molecule has 0 radical (unpaired) electrons. The first-order valence-corrected chi connectivity index (χ1v) is 6.99. The summed E-state index contributed by atoms with van der Waals surface area (Å²) in [5.41, 5.74) is 0. The largest absolute Gasteiger partial charge is 0.373 e. The first-order chi connectivity index (χ1) is 8.14. The Balaban J connectivity index is 2.14. The summed E-state index contributed by atoms with van der Waals surface area (Å²) in [6, 6.07) is 9.99. The van der Waals surface area contributed by atoms with Crippen molar-refractivity contribution < 1.29 is 13.2 Å². The molecule has 0 amide bonds. The summed E-state index contributed by atoms with van der Waals surface area (Å²) < 4.78 is 29.3. The van der Waals surface area contributed by atoms with Gasteiger partial charge in [0.1, 0.15) is 0 Å². The molecule has 2 rings (SSSR count). The van der Waals surface area contributed by atoms with Crippen molar-refractivity contribution in [3.8, 4) is 6.07 Å². The average molecular weight is 251 g/mol. The van der Waals surface area contributed by atoms with Crippen LogP contribution in [0.2, 0.25) is 0 Å². The molecule has 1 heterocycles. The SMILES string of the molecule is N#CC(CCC1CO1)S(=O)(=O)c1ccccc1. The van der Waals surface area contributed by atoms with Crippen molar-refractivity contribution in [2.24, 2.45) is 0 Å². The first-order valence-electron chi connectivity index (χ1n) is 5.45. The van der Waals surface area contributed by atoms with Crippen molar-refractivity contribution in [3.63, 3.8) is 0 Å². The molecule has 1 aliphatic heterocycles. The van der Waals surface area contributed by atoms with Crippen LogP contribution in [-0.4, -0.2) is 26.4 Å². The van der Waals surface area contributed by atoms with Gasteiger partial charge in [-0.2, -0.15) is 5.26 Å². The van der Waals surface area contributed by atoms with E-state index in [2.05, 4.69) is 0 Å². The van der Waals surface area contributed by atoms with E-state index >= 15 is 0 Å². The van der Waals surface area contributed by atoms with Crippen LogP contribution in [0.4, 0.5) is 0 Å². The Hall–Kier alpha value is -1.38. The number of hydrogen-bond acceptors (Lipinski definition) is 4. The van der Waals surface area contributed by atoms with E-state index in [0.717, 1.165) is 0 Å². The lowest BCUT2D eigenvalue weighted by molar-refractivity contribution is 0.392. The number of nitrogens with zero attached hydrogens (tertiary/aromatic N) is 1. The van der Waals surface area contributed by atoms with Crippen molar-refractivity contribution >= 4 is 9.84 Å². The molecule has 17 heavy (non-hydrogen) atoms. The van der Waals surface area contributed by atoms with Gasteiger partial charge in [-0.25, -0.2) is 8.42 Å². The van der Waals surface area contributed by atoms with E-state index in [1.807, 2.05) is 6.07 Å². The van der Waals surface area contributed by atoms with E-state index in [4.69, 9.17) is 10.00 Å². The van der Waals surface area contributed by atoms with E-state index in [1.54, 1.807) is 18.2 Å². The molecule has 0 spiro atoms. The Morgan fingerprint density at radius 2 is 2.06 bits per heavy atom. The van der Waals surface area contributed by atoms with Gasteiger partial charge in [-0.05, 0) is 25.0 Å². The maximum absolute atomic E-state index is 12.1. The third-order valence-corrected chi connectivity index (χ3v) is 4.76. The molecule has 0 aliphatic carbocycles. The lowest BCUT2D eigenvalue weighted by Gasteiger charge is -2.09. The highest BCUT2D eigenvalue weighted by molar-refractivity contribution is 7.92. The molecule has 1 aliphatic rings. The molecule has 1 aromatic rings. The Morgan fingerprint density at radius 1 is 1.41 bits per heavy atom. The minimum atomic E-state index is -3.54. The van der Waals surface area contributed by atoms with Crippen LogP contribution in [0.3, 0.4) is 0 Å². The normalized spacial score (nSPS) is 20.5. The monoisotopic (exact) mass is 251 g/mol. The fourth-order valence-corrected chi connectivity index (χ4v) is 3.09. The molecule has 90 valence electrons. The molecule has 4 nitrogen and oxygen atoms in total. The Morgan fingerprint density at radius 3 is 2.59 bits per heavy atom. The molecule has 1 fully saturated rings. The van der Waals surface area contributed by atoms with Crippen LogP contribution in [-0.2, 0) is 14.6 Å². The van der Waals surface area contributed by atoms with Gasteiger partial charge in [0, 0.05) is 0 Å². The van der Waals surface area contributed by atoms with E-state index in [9.17, 15) is 8.42 Å². The lowest BCUT2D eigenvalue weighted by atomic mass is 10.2. The molecule has 0 bridgehead atoms. The zero-order valence-electron chi connectivity index (χ0n) is 9.24. The molecule has 1 saturated heterocycles. The zero-order valence-corrected chi connectivity index (χ0v) is 10.1. The van der Waals surface area contributed by atoms with Crippen LogP contribution >= 0.6 is 0 Å². The van der Waals surface area contributed by atoms with Gasteiger partial charge in [0.2, 0.25) is 0 Å². The van der Waals surface area contributed by atoms with Gasteiger partial charge in [-0.15, -0.1) is 0 Å². The maximum atomic E-state index is 12.1. The average Bonchev–Trinajstić information content (AvgIpc) is 3.15. The summed E-state index contributed by atoms with van der Waals surface area (Å²) in [6.07, 6.45) is 1.11. The Labute approximate surface area is 101 Å². The van der Waals surface area contributed by atoms with Gasteiger partial charge < -0.3 is 4.74 Å². The van der Waals surface area contributed by atoms with Crippen molar-refractivity contribution in [1.29, 1.82) is 5.26 Å². The Bertz CT molecular complexity index is 514. The fraction of sp³-hybridized carbons (Fsp3) is 0.417. The fourth-order valence-electron chi connectivity index (χ4n) is 1.64. The van der Waals surface area contributed by atoms with E-state index < -0.39 is 15.1 Å². The number of nitriles is 1. The van der Waals surface area contributed by atoms with Gasteiger partial charge in [0.15, 0.2) is 15.1 Å². The summed E-state index contributed by atoms with van der Waals surface area (Å²) in [4.78, 5) is 0.211. The Kier molecular flexibility index (Phi) is 3.46. The molecule has 2 unspecified atom stereocenters. The van der Waals surface area contributed by atoms with Gasteiger partial charge in [0.25, 0.3) is 0 Å². The number of rotatable bonds is 5. The summed E-state index contributed by atoms with van der Waals surface area (Å²) >= 11 is 0. The highest BCUT2D eigenvalue weighted by Gasteiger charge is 2.30. The summed E-state index contributed by atoms with van der Waals surface area (Å²) in [6.45, 7) is 0.684. The minimum absolute atomic E-state index is 0.150. The molecule has 0 N–H and O–H groups in total. The quantitative estimate of drug-likeness (QED) is 0.744. The number of benzene rings is 1. The van der Waals surface area contributed by atoms with Crippen LogP contribution < -0.4 is 0 Å². The summed E-state index contributed by atoms with van der Waals surface area (Å²) in [5.74, 6) is 0. The highest BCUT2D eigenvalue weighted by Crippen LogP contribution is 2.23. The van der Waals surface area contributed by atoms with Gasteiger partial charge in [-0.3, -0.25) is 0 Å².